The maximum absolute atomic E-state index is 11.7. The van der Waals surface area contributed by atoms with Gasteiger partial charge in [0.05, 0.1) is 6.04 Å². The van der Waals surface area contributed by atoms with E-state index < -0.39 is 6.04 Å². The number of nitrogens with zero attached hydrogens (tertiary/aromatic N) is 1. The van der Waals surface area contributed by atoms with E-state index >= 15 is 0 Å². The zero-order valence-electron chi connectivity index (χ0n) is 10.0. The third-order valence-electron chi connectivity index (χ3n) is 2.40. The van der Waals surface area contributed by atoms with Gasteiger partial charge >= 0.3 is 0 Å². The summed E-state index contributed by atoms with van der Waals surface area (Å²) in [4.78, 5) is 13.4. The normalized spacial score (nSPS) is 11.5. The van der Waals surface area contributed by atoms with Gasteiger partial charge in [0.2, 0.25) is 5.91 Å². The molecule has 0 aliphatic heterocycles. The Bertz CT molecular complexity index is 369. The molecule has 0 saturated carbocycles. The Labute approximate surface area is 113 Å². The summed E-state index contributed by atoms with van der Waals surface area (Å²) in [5, 5.41) is 0.679. The SMILES string of the molecule is CCN(Cc1ccccc1Cl)C(=O)[C@@H](C)N.Cl. The third kappa shape index (κ3) is 4.54. The van der Waals surface area contributed by atoms with Crippen molar-refractivity contribution in [1.82, 2.24) is 4.90 Å². The van der Waals surface area contributed by atoms with Crippen LogP contribution in [0.3, 0.4) is 0 Å². The number of nitrogens with two attached hydrogens (primary N) is 1. The van der Waals surface area contributed by atoms with Crippen LogP contribution >= 0.6 is 24.0 Å². The zero-order valence-corrected chi connectivity index (χ0v) is 11.6. The summed E-state index contributed by atoms with van der Waals surface area (Å²) in [6, 6.07) is 7.05. The molecule has 0 aromatic heterocycles. The first-order valence-corrected chi connectivity index (χ1v) is 5.71. The van der Waals surface area contributed by atoms with E-state index in [1.807, 2.05) is 31.2 Å². The van der Waals surface area contributed by atoms with Gasteiger partial charge in [-0.05, 0) is 25.5 Å². The molecule has 17 heavy (non-hydrogen) atoms. The minimum atomic E-state index is -0.470. The van der Waals surface area contributed by atoms with Crippen LogP contribution < -0.4 is 5.73 Å². The minimum absolute atomic E-state index is 0. The Balaban J connectivity index is 0.00000256. The standard InChI is InChI=1S/C12H17ClN2O.ClH/c1-3-15(12(16)9(2)14)8-10-6-4-5-7-11(10)13;/h4-7,9H,3,8,14H2,1-2H3;1H/t9-;/m1./s1. The molecule has 3 nitrogen and oxygen atoms in total. The Morgan fingerprint density at radius 1 is 1.47 bits per heavy atom. The molecule has 0 aliphatic rings. The summed E-state index contributed by atoms with van der Waals surface area (Å²) in [6.45, 7) is 4.76. The molecule has 0 aliphatic carbocycles. The Morgan fingerprint density at radius 2 is 2.06 bits per heavy atom. The van der Waals surface area contributed by atoms with Gasteiger partial charge in [-0.25, -0.2) is 0 Å². The lowest BCUT2D eigenvalue weighted by molar-refractivity contribution is -0.132. The molecule has 1 aromatic carbocycles. The van der Waals surface area contributed by atoms with E-state index in [0.717, 1.165) is 5.56 Å². The van der Waals surface area contributed by atoms with Gasteiger partial charge in [0.25, 0.3) is 0 Å². The minimum Gasteiger partial charge on any atom is -0.337 e. The fourth-order valence-corrected chi connectivity index (χ4v) is 1.66. The number of halogens is 2. The highest BCUT2D eigenvalue weighted by Gasteiger charge is 2.16. The summed E-state index contributed by atoms with van der Waals surface area (Å²) >= 11 is 6.04. The van der Waals surface area contributed by atoms with E-state index in [1.54, 1.807) is 11.8 Å². The number of likely N-dealkylation sites (N-methyl/N-ethyl adjacent to an activating group) is 1. The lowest BCUT2D eigenvalue weighted by Crippen LogP contribution is -2.41. The van der Waals surface area contributed by atoms with Crippen molar-refractivity contribution in [3.8, 4) is 0 Å². The number of hydrogen-bond donors (Lipinski definition) is 1. The molecule has 0 fully saturated rings. The second-order valence-electron chi connectivity index (χ2n) is 3.73. The molecule has 0 spiro atoms. The predicted molar refractivity (Wildman–Crippen MR) is 73.4 cm³/mol. The number of carbonyl (C=O) groups excluding carboxylic acids is 1. The van der Waals surface area contributed by atoms with E-state index in [2.05, 4.69) is 0 Å². The largest absolute Gasteiger partial charge is 0.337 e. The summed E-state index contributed by atoms with van der Waals surface area (Å²) in [6.07, 6.45) is 0. The number of rotatable bonds is 4. The van der Waals surface area contributed by atoms with Gasteiger partial charge < -0.3 is 10.6 Å². The average molecular weight is 277 g/mol. The van der Waals surface area contributed by atoms with Crippen molar-refractivity contribution in [2.75, 3.05) is 6.54 Å². The number of benzene rings is 1. The van der Waals surface area contributed by atoms with Crippen molar-refractivity contribution in [3.05, 3.63) is 34.9 Å². The van der Waals surface area contributed by atoms with Crippen LogP contribution in [0.15, 0.2) is 24.3 Å². The van der Waals surface area contributed by atoms with Crippen LogP contribution in [0.5, 0.6) is 0 Å². The van der Waals surface area contributed by atoms with Crippen molar-refractivity contribution in [1.29, 1.82) is 0 Å². The van der Waals surface area contributed by atoms with Crippen LogP contribution in [0.4, 0.5) is 0 Å². The molecular weight excluding hydrogens is 259 g/mol. The smallest absolute Gasteiger partial charge is 0.239 e. The fraction of sp³-hybridized carbons (Fsp3) is 0.417. The molecule has 2 N–H and O–H groups in total. The Morgan fingerprint density at radius 3 is 2.53 bits per heavy atom. The first kappa shape index (κ1) is 16.2. The van der Waals surface area contributed by atoms with Gasteiger partial charge in [-0.3, -0.25) is 4.79 Å². The van der Waals surface area contributed by atoms with Crippen molar-refractivity contribution < 1.29 is 4.79 Å². The summed E-state index contributed by atoms with van der Waals surface area (Å²) in [5.74, 6) is -0.0533. The van der Waals surface area contributed by atoms with E-state index in [1.165, 1.54) is 0 Å². The van der Waals surface area contributed by atoms with Crippen molar-refractivity contribution in [2.24, 2.45) is 5.73 Å². The van der Waals surface area contributed by atoms with Gasteiger partial charge in [-0.2, -0.15) is 0 Å². The van der Waals surface area contributed by atoms with E-state index in [9.17, 15) is 4.79 Å². The highest BCUT2D eigenvalue weighted by atomic mass is 35.5. The Hall–Kier alpha value is -0.770. The van der Waals surface area contributed by atoms with Crippen LogP contribution in [-0.2, 0) is 11.3 Å². The molecule has 0 bridgehead atoms. The van der Waals surface area contributed by atoms with Crippen molar-refractivity contribution in [2.45, 2.75) is 26.4 Å². The molecule has 0 heterocycles. The first-order valence-electron chi connectivity index (χ1n) is 5.34. The quantitative estimate of drug-likeness (QED) is 0.918. The number of amides is 1. The van der Waals surface area contributed by atoms with Gasteiger partial charge in [0.15, 0.2) is 0 Å². The molecule has 1 amide bonds. The van der Waals surface area contributed by atoms with Gasteiger partial charge in [0.1, 0.15) is 0 Å². The summed E-state index contributed by atoms with van der Waals surface area (Å²) in [7, 11) is 0. The first-order chi connectivity index (χ1) is 7.56. The summed E-state index contributed by atoms with van der Waals surface area (Å²) < 4.78 is 0. The molecule has 1 rings (SSSR count). The highest BCUT2D eigenvalue weighted by Crippen LogP contribution is 2.17. The fourth-order valence-electron chi connectivity index (χ4n) is 1.47. The van der Waals surface area contributed by atoms with Gasteiger partial charge in [-0.15, -0.1) is 12.4 Å². The molecule has 1 atom stereocenters. The molecule has 0 unspecified atom stereocenters. The molecule has 1 aromatic rings. The third-order valence-corrected chi connectivity index (χ3v) is 2.77. The van der Waals surface area contributed by atoms with Crippen LogP contribution in [0.25, 0.3) is 0 Å². The number of hydrogen-bond acceptors (Lipinski definition) is 2. The van der Waals surface area contributed by atoms with Gasteiger partial charge in [-0.1, -0.05) is 29.8 Å². The number of carbonyl (C=O) groups is 1. The lowest BCUT2D eigenvalue weighted by atomic mass is 10.2. The van der Waals surface area contributed by atoms with Crippen molar-refractivity contribution in [3.63, 3.8) is 0 Å². The van der Waals surface area contributed by atoms with E-state index in [4.69, 9.17) is 17.3 Å². The molecule has 0 radical (unpaired) electrons. The van der Waals surface area contributed by atoms with Crippen LogP contribution in [0, 0.1) is 0 Å². The van der Waals surface area contributed by atoms with Crippen LogP contribution in [0.1, 0.15) is 19.4 Å². The molecule has 0 saturated heterocycles. The van der Waals surface area contributed by atoms with E-state index in [-0.39, 0.29) is 18.3 Å². The second kappa shape index (κ2) is 7.54. The monoisotopic (exact) mass is 276 g/mol. The van der Waals surface area contributed by atoms with E-state index in [0.29, 0.717) is 18.1 Å². The molecule has 5 heteroatoms. The van der Waals surface area contributed by atoms with Gasteiger partial charge in [0, 0.05) is 18.1 Å². The van der Waals surface area contributed by atoms with Crippen molar-refractivity contribution >= 4 is 29.9 Å². The molecular formula is C12H18Cl2N2O. The highest BCUT2D eigenvalue weighted by molar-refractivity contribution is 6.31. The zero-order chi connectivity index (χ0) is 12.1. The average Bonchev–Trinajstić information content (AvgIpc) is 2.27. The maximum atomic E-state index is 11.7. The second-order valence-corrected chi connectivity index (χ2v) is 4.14. The van der Waals surface area contributed by atoms with Crippen LogP contribution in [-0.4, -0.2) is 23.4 Å². The summed E-state index contributed by atoms with van der Waals surface area (Å²) in [5.41, 5.74) is 6.52. The topological polar surface area (TPSA) is 46.3 Å². The lowest BCUT2D eigenvalue weighted by Gasteiger charge is -2.23. The maximum Gasteiger partial charge on any atom is 0.239 e. The predicted octanol–water partition coefficient (Wildman–Crippen LogP) is 2.46. The Kier molecular flexibility index (Phi) is 7.19. The molecule has 96 valence electrons. The van der Waals surface area contributed by atoms with Crippen LogP contribution in [0.2, 0.25) is 5.02 Å².